The van der Waals surface area contributed by atoms with Crippen LogP contribution in [0.15, 0.2) is 17.1 Å². The van der Waals surface area contributed by atoms with Gasteiger partial charge in [0.1, 0.15) is 11.9 Å². The third-order valence-electron chi connectivity index (χ3n) is 3.11. The SMILES string of the molecule is Nc1ccn(C2OC(COP(=O)([O-])OP(=O)([O-])OP(=O)([O-])[O-])CC2O)c(=O)n1.[Li+].[Li+].[Li+].[Li+]. The van der Waals surface area contributed by atoms with Gasteiger partial charge < -0.3 is 44.2 Å². The number of aliphatic hydroxyl groups excluding tert-OH is 1. The smallest absolute Gasteiger partial charge is 0.790 e. The minimum Gasteiger partial charge on any atom is -0.790 e. The number of hydrogen-bond acceptors (Lipinski definition) is 15. The zero-order valence-corrected chi connectivity index (χ0v) is 20.1. The van der Waals surface area contributed by atoms with Gasteiger partial charge in [-0.05, 0) is 6.07 Å². The van der Waals surface area contributed by atoms with E-state index in [4.69, 9.17) is 10.5 Å². The summed E-state index contributed by atoms with van der Waals surface area (Å²) in [5.74, 6) is -0.0805. The molecule has 0 bridgehead atoms. The quantitative estimate of drug-likeness (QED) is 0.253. The maximum Gasteiger partial charge on any atom is 1.00 e. The zero-order valence-electron chi connectivity index (χ0n) is 17.5. The molecular formula is C9H12Li4N3O13P3. The number of phosphoric ester groups is 1. The summed E-state index contributed by atoms with van der Waals surface area (Å²) in [6.45, 7) is -0.877. The fourth-order valence-corrected chi connectivity index (χ4v) is 5.05. The molecule has 0 aliphatic carbocycles. The van der Waals surface area contributed by atoms with Crippen LogP contribution in [-0.4, -0.2) is 33.5 Å². The number of hydrogen-bond donors (Lipinski definition) is 2. The molecule has 0 radical (unpaired) electrons. The molecular weight excluding hydrogens is 479 g/mol. The molecule has 0 spiro atoms. The van der Waals surface area contributed by atoms with E-state index in [1.807, 2.05) is 0 Å². The Kier molecular flexibility index (Phi) is 17.6. The Morgan fingerprint density at radius 1 is 1.12 bits per heavy atom. The molecule has 1 saturated heterocycles. The van der Waals surface area contributed by atoms with Crippen molar-refractivity contribution < 1.29 is 132 Å². The molecule has 32 heavy (non-hydrogen) atoms. The van der Waals surface area contributed by atoms with Crippen LogP contribution in [0.25, 0.3) is 0 Å². The summed E-state index contributed by atoms with van der Waals surface area (Å²) in [6, 6.07) is 1.25. The second kappa shape index (κ2) is 14.8. The fraction of sp³-hybridized carbons (Fsp3) is 0.556. The average Bonchev–Trinajstić information content (AvgIpc) is 2.82. The molecule has 1 fully saturated rings. The van der Waals surface area contributed by atoms with E-state index in [1.165, 1.54) is 12.3 Å². The average molecular weight is 491 g/mol. The Hall–Kier alpha value is 1.40. The summed E-state index contributed by atoms with van der Waals surface area (Å²) in [6.07, 6.45) is -2.75. The van der Waals surface area contributed by atoms with Crippen LogP contribution < -0.4 is 106 Å². The van der Waals surface area contributed by atoms with E-state index in [2.05, 4.69) is 18.1 Å². The molecule has 1 aliphatic heterocycles. The number of ether oxygens (including phenoxy) is 1. The maximum absolute atomic E-state index is 11.7. The van der Waals surface area contributed by atoms with Crippen molar-refractivity contribution in [3.8, 4) is 0 Å². The van der Waals surface area contributed by atoms with Crippen LogP contribution in [0.5, 0.6) is 0 Å². The Morgan fingerprint density at radius 3 is 2.19 bits per heavy atom. The fourth-order valence-electron chi connectivity index (χ4n) is 2.16. The monoisotopic (exact) mass is 491 g/mol. The van der Waals surface area contributed by atoms with Crippen LogP contribution in [-0.2, 0) is 31.6 Å². The van der Waals surface area contributed by atoms with E-state index in [9.17, 15) is 43.2 Å². The molecule has 3 N–H and O–H groups in total. The first-order chi connectivity index (χ1) is 12.7. The van der Waals surface area contributed by atoms with Crippen molar-refractivity contribution in [2.45, 2.75) is 24.9 Å². The Balaban J connectivity index is -0.00000210. The first-order valence-corrected chi connectivity index (χ1v) is 11.5. The summed E-state index contributed by atoms with van der Waals surface area (Å²) < 4.78 is 49.5. The van der Waals surface area contributed by atoms with Crippen LogP contribution in [0.3, 0.4) is 0 Å². The summed E-state index contributed by atoms with van der Waals surface area (Å²) in [5.41, 5.74) is 4.48. The van der Waals surface area contributed by atoms with Crippen molar-refractivity contribution in [3.63, 3.8) is 0 Å². The van der Waals surface area contributed by atoms with Crippen molar-refractivity contribution in [1.82, 2.24) is 9.55 Å². The molecule has 160 valence electrons. The molecule has 0 aromatic carbocycles. The standard InChI is InChI=1S/C9H16N3O13P3.4Li/c10-7-1-2-12(9(14)11-7)8-6(13)3-5(23-8)4-22-27(18,19)25-28(20,21)24-26(15,16)17;;;;/h1-2,5-6,8,13H,3-4H2,(H,18,19)(H,20,21)(H2,10,11,14)(H2,15,16,17);;;;/q;4*+1/p-4. The topological polar surface area (TPSA) is 262 Å². The van der Waals surface area contributed by atoms with Crippen LogP contribution in [0.4, 0.5) is 5.82 Å². The molecule has 23 heteroatoms. The van der Waals surface area contributed by atoms with Crippen molar-refractivity contribution in [2.24, 2.45) is 0 Å². The number of nitrogens with two attached hydrogens (primary N) is 1. The second-order valence-electron chi connectivity index (χ2n) is 5.29. The molecule has 0 saturated carbocycles. The predicted molar refractivity (Wildman–Crippen MR) is 78.4 cm³/mol. The van der Waals surface area contributed by atoms with Gasteiger partial charge >= 0.3 is 81.1 Å². The summed E-state index contributed by atoms with van der Waals surface area (Å²) >= 11 is 0. The van der Waals surface area contributed by atoms with Gasteiger partial charge in [0.2, 0.25) is 0 Å². The summed E-state index contributed by atoms with van der Waals surface area (Å²) in [4.78, 5) is 58.1. The van der Waals surface area contributed by atoms with Gasteiger partial charge in [0.25, 0.3) is 15.6 Å². The minimum absolute atomic E-state index is 0. The van der Waals surface area contributed by atoms with E-state index in [1.54, 1.807) is 0 Å². The van der Waals surface area contributed by atoms with Gasteiger partial charge in [0.15, 0.2) is 6.23 Å². The zero-order chi connectivity index (χ0) is 21.3. The third kappa shape index (κ3) is 12.4. The number of aromatic nitrogens is 2. The molecule has 1 aromatic rings. The summed E-state index contributed by atoms with van der Waals surface area (Å²) in [5, 5.41) is 9.96. The van der Waals surface area contributed by atoms with Crippen molar-refractivity contribution in [1.29, 1.82) is 0 Å². The predicted octanol–water partition coefficient (Wildman–Crippen LogP) is -15.7. The molecule has 5 unspecified atom stereocenters. The van der Waals surface area contributed by atoms with Gasteiger partial charge in [-0.25, -0.2) is 9.11 Å². The van der Waals surface area contributed by atoms with E-state index < -0.39 is 54.2 Å². The number of anilines is 1. The van der Waals surface area contributed by atoms with Crippen molar-refractivity contribution in [3.05, 3.63) is 22.7 Å². The van der Waals surface area contributed by atoms with Gasteiger partial charge in [-0.15, -0.1) is 0 Å². The van der Waals surface area contributed by atoms with Gasteiger partial charge in [0.05, 0.1) is 20.5 Å². The normalized spacial score (nSPS) is 23.8. The minimum atomic E-state index is -6.09. The molecule has 16 nitrogen and oxygen atoms in total. The third-order valence-corrected chi connectivity index (χ3v) is 6.77. The Labute approximate surface area is 229 Å². The molecule has 0 amide bonds. The molecule has 2 heterocycles. The van der Waals surface area contributed by atoms with Gasteiger partial charge in [-0.2, -0.15) is 4.98 Å². The Bertz CT molecular complexity index is 931. The van der Waals surface area contributed by atoms with Gasteiger partial charge in [-0.3, -0.25) is 18.0 Å². The number of nitrogens with zero attached hydrogens (tertiary/aromatic N) is 2. The van der Waals surface area contributed by atoms with Crippen molar-refractivity contribution >= 4 is 29.3 Å². The van der Waals surface area contributed by atoms with Crippen LogP contribution in [0.2, 0.25) is 0 Å². The second-order valence-corrected chi connectivity index (χ2v) is 9.54. The number of rotatable bonds is 8. The maximum atomic E-state index is 11.7. The number of aliphatic hydroxyl groups is 1. The van der Waals surface area contributed by atoms with E-state index in [0.717, 1.165) is 4.57 Å². The first-order valence-electron chi connectivity index (χ1n) is 7.07. The number of phosphoric acid groups is 3. The first kappa shape index (κ1) is 37.9. The van der Waals surface area contributed by atoms with Gasteiger partial charge in [-0.1, -0.05) is 0 Å². The van der Waals surface area contributed by atoms with E-state index in [0.29, 0.717) is 0 Å². The van der Waals surface area contributed by atoms with Crippen LogP contribution in [0.1, 0.15) is 12.6 Å². The number of nitrogen functional groups attached to an aromatic ring is 1. The van der Waals surface area contributed by atoms with Crippen molar-refractivity contribution in [2.75, 3.05) is 12.3 Å². The molecule has 1 aliphatic rings. The van der Waals surface area contributed by atoms with Crippen LogP contribution in [0, 0.1) is 0 Å². The van der Waals surface area contributed by atoms with E-state index >= 15 is 0 Å². The van der Waals surface area contributed by atoms with Gasteiger partial charge in [0, 0.05) is 12.6 Å². The van der Waals surface area contributed by atoms with E-state index in [-0.39, 0.29) is 87.7 Å². The van der Waals surface area contributed by atoms with Crippen LogP contribution >= 0.6 is 23.5 Å². The molecule has 5 atom stereocenters. The Morgan fingerprint density at radius 2 is 1.69 bits per heavy atom. The molecule has 1 aromatic heterocycles. The summed E-state index contributed by atoms with van der Waals surface area (Å²) in [7, 11) is -17.9. The largest absolute Gasteiger partial charge is 1.00 e. The molecule has 2 rings (SSSR count).